The number of phenols is 2. The number of esters is 1. The van der Waals surface area contributed by atoms with Crippen LogP contribution >= 0.6 is 0 Å². The summed E-state index contributed by atoms with van der Waals surface area (Å²) in [7, 11) is 4.49. The van der Waals surface area contributed by atoms with Crippen LogP contribution in [0.1, 0.15) is 37.1 Å². The maximum atomic E-state index is 12.3. The Morgan fingerprint density at radius 1 is 0.473 bits per heavy atom. The summed E-state index contributed by atoms with van der Waals surface area (Å²) in [4.78, 5) is 36.8. The first-order valence-corrected chi connectivity index (χ1v) is 27.4. The van der Waals surface area contributed by atoms with Crippen LogP contribution in [0.25, 0.3) is 40.5 Å². The number of nitriles is 1. The average molecular weight is 1250 g/mol. The van der Waals surface area contributed by atoms with E-state index in [1.54, 1.807) is 98.1 Å². The number of phenolic OH excluding ortho intramolecular Hbond substituents is 2. The van der Waals surface area contributed by atoms with E-state index in [0.717, 1.165) is 45.7 Å². The molecule has 0 aliphatic carbocycles. The van der Waals surface area contributed by atoms with Gasteiger partial charge in [-0.2, -0.15) is 5.26 Å². The van der Waals surface area contributed by atoms with Crippen molar-refractivity contribution in [3.63, 3.8) is 0 Å². The molecule has 91 heavy (non-hydrogen) atoms. The summed E-state index contributed by atoms with van der Waals surface area (Å²) in [6, 6.07) is 46.5. The van der Waals surface area contributed by atoms with Gasteiger partial charge in [-0.3, -0.25) is 4.99 Å². The number of aliphatic imine (C=N–C) groups is 1. The number of hydrogen-bond donors (Lipinski definition) is 6. The number of carboxylic acids is 2. The quantitative estimate of drug-likeness (QED) is 0.00773. The van der Waals surface area contributed by atoms with Crippen LogP contribution in [-0.2, 0) is 33.3 Å². The van der Waals surface area contributed by atoms with Gasteiger partial charge in [0.2, 0.25) is 0 Å². The van der Waals surface area contributed by atoms with Crippen molar-refractivity contribution in [1.29, 1.82) is 5.26 Å². The molecule has 0 radical (unpaired) electrons. The maximum absolute atomic E-state index is 12.3. The number of carbonyl (C=O) groups excluding carboxylic acids is 1. The Labute approximate surface area is 531 Å². The molecule has 484 valence electrons. The number of carbonyl (C=O) groups is 3. The number of ether oxygens (including phenoxy) is 10. The molecule has 21 heteroatoms. The molecule has 0 fully saturated rings. The smallest absolute Gasteiger partial charge is 0.336 e. The van der Waals surface area contributed by atoms with Gasteiger partial charge in [-0.15, -0.1) is 0 Å². The first-order valence-electron chi connectivity index (χ1n) is 27.4. The van der Waals surface area contributed by atoms with E-state index in [1.165, 1.54) is 38.5 Å². The second kappa shape index (κ2) is 45.0. The molecule has 6 N–H and O–H groups in total. The molecule has 0 aliphatic rings. The van der Waals surface area contributed by atoms with Crippen LogP contribution in [0.2, 0.25) is 0 Å². The molecule has 21 nitrogen and oxygen atoms in total. The Bertz CT molecular complexity index is 3380. The van der Waals surface area contributed by atoms with Gasteiger partial charge in [0.05, 0.1) is 105 Å². The fourth-order valence-corrected chi connectivity index (χ4v) is 7.32. The first kappa shape index (κ1) is 76.8. The Hall–Kier alpha value is -10.3. The van der Waals surface area contributed by atoms with E-state index in [0.29, 0.717) is 117 Å². The van der Waals surface area contributed by atoms with Crippen LogP contribution in [0.4, 0.5) is 5.69 Å². The number of aliphatic hydroxyl groups is 2. The van der Waals surface area contributed by atoms with E-state index in [4.69, 9.17) is 78.2 Å². The minimum Gasteiger partial charge on any atom is -0.508 e. The zero-order valence-electron chi connectivity index (χ0n) is 49.5. The van der Waals surface area contributed by atoms with Crippen molar-refractivity contribution in [3.8, 4) is 74.3 Å². The molecule has 7 aromatic rings. The van der Waals surface area contributed by atoms with Crippen LogP contribution in [0.3, 0.4) is 0 Å². The number of benzene rings is 7. The van der Waals surface area contributed by atoms with Gasteiger partial charge in [0.1, 0.15) is 24.7 Å². The van der Waals surface area contributed by atoms with Crippen molar-refractivity contribution in [1.82, 2.24) is 0 Å². The molecule has 0 aliphatic heterocycles. The second-order valence-electron chi connectivity index (χ2n) is 17.9. The van der Waals surface area contributed by atoms with E-state index < -0.39 is 17.9 Å². The Balaban J connectivity index is 0.000000446. The molecule has 7 rings (SSSR count). The summed E-state index contributed by atoms with van der Waals surface area (Å²) in [5.74, 6) is 0.678. The normalized spacial score (nSPS) is 10.3. The van der Waals surface area contributed by atoms with E-state index >= 15 is 0 Å². The third-order valence-corrected chi connectivity index (χ3v) is 11.7. The van der Waals surface area contributed by atoms with Crippen LogP contribution in [0.5, 0.6) is 46.0 Å². The predicted octanol–water partition coefficient (Wildman–Crippen LogP) is 11.6. The van der Waals surface area contributed by atoms with Crippen molar-refractivity contribution >= 4 is 48.5 Å². The molecule has 0 heterocycles. The van der Waals surface area contributed by atoms with Crippen LogP contribution in [-0.4, -0.2) is 156 Å². The van der Waals surface area contributed by atoms with Gasteiger partial charge in [0, 0.05) is 18.2 Å². The van der Waals surface area contributed by atoms with Gasteiger partial charge < -0.3 is 78.0 Å². The standard InChI is InChI=1S/C29H29NO7.C16H22O7.C13H11NO.C10H10O4.2CH4/c1-33-28-20-22(4-12-27(28)36-19-18-35-17-16-34-15-14-31)5-13-29(32)37-26-10-8-25(9-11-26)24-6-2-23(21-30)3-7-24;1-20-15-12-13(3-5-16(18)19)2-4-14(15)23-11-10-22-9-8-21-7-6-17;1-14-12-6-2-10(3-7-12)11-4-8-13(15)9-5-11;1-14-9-6-7(2-4-8(9)11)3-5-10(12)13;;/h2-13,20,31H,14-19H2,1H3;2-5,12,17H,6-11H2,1H3,(H,18,19);2-9,15H,1H2;2-6,11H,1H3,(H,12,13);2*1H4/b13-5+;5-3+;;5-3+;;. The third kappa shape index (κ3) is 30.4. The molecular weight excluding hydrogens is 1170 g/mol. The molecular formula is C70H80N2O19. The lowest BCUT2D eigenvalue weighted by Gasteiger charge is -2.11. The third-order valence-electron chi connectivity index (χ3n) is 11.7. The molecule has 0 spiro atoms. The Morgan fingerprint density at radius 3 is 1.25 bits per heavy atom. The van der Waals surface area contributed by atoms with Gasteiger partial charge in [0.25, 0.3) is 0 Å². The van der Waals surface area contributed by atoms with E-state index in [9.17, 15) is 19.5 Å². The SMILES string of the molecule is C.C.C=Nc1ccc(-c2ccc(O)cc2)cc1.COc1cc(/C=C/C(=O)O)ccc1O.COc1cc(/C=C/C(=O)O)ccc1OCCOCCOCCO.COc1cc(/C=C/C(=O)Oc2ccc(-c3ccc(C#N)cc3)cc2)ccc1OCCOCCOCCO. The van der Waals surface area contributed by atoms with Crippen molar-refractivity contribution in [2.24, 2.45) is 4.99 Å². The zero-order chi connectivity index (χ0) is 64.4. The second-order valence-corrected chi connectivity index (χ2v) is 17.9. The van der Waals surface area contributed by atoms with E-state index in [-0.39, 0.29) is 39.6 Å². The predicted molar refractivity (Wildman–Crippen MR) is 350 cm³/mol. The summed E-state index contributed by atoms with van der Waals surface area (Å²) < 4.78 is 53.0. The highest BCUT2D eigenvalue weighted by Crippen LogP contribution is 2.31. The van der Waals surface area contributed by atoms with Gasteiger partial charge in [0.15, 0.2) is 34.5 Å². The highest BCUT2D eigenvalue weighted by molar-refractivity contribution is 5.89. The minimum absolute atomic E-state index is 0. The van der Waals surface area contributed by atoms with E-state index in [2.05, 4.69) is 17.8 Å². The van der Waals surface area contributed by atoms with Crippen LogP contribution in [0.15, 0.2) is 175 Å². The molecule has 0 saturated carbocycles. The van der Waals surface area contributed by atoms with E-state index in [1.807, 2.05) is 60.7 Å². The maximum Gasteiger partial charge on any atom is 0.336 e. The minimum atomic E-state index is -1.02. The fourth-order valence-electron chi connectivity index (χ4n) is 7.32. The number of methoxy groups -OCH3 is 3. The monoisotopic (exact) mass is 1250 g/mol. The number of aromatic hydroxyl groups is 2. The van der Waals surface area contributed by atoms with Crippen molar-refractivity contribution in [2.75, 3.05) is 101 Å². The number of hydrogen-bond acceptors (Lipinski definition) is 19. The highest BCUT2D eigenvalue weighted by atomic mass is 16.6. The van der Waals surface area contributed by atoms with Gasteiger partial charge in [-0.25, -0.2) is 14.4 Å². The van der Waals surface area contributed by atoms with Crippen LogP contribution < -0.4 is 28.4 Å². The highest BCUT2D eigenvalue weighted by Gasteiger charge is 2.09. The molecule has 0 amide bonds. The number of rotatable bonds is 31. The lowest BCUT2D eigenvalue weighted by atomic mass is 10.0. The lowest BCUT2D eigenvalue weighted by molar-refractivity contribution is -0.132. The van der Waals surface area contributed by atoms with Crippen molar-refractivity contribution in [3.05, 3.63) is 192 Å². The molecule has 0 saturated heterocycles. The molecule has 0 aromatic heterocycles. The van der Waals surface area contributed by atoms with Gasteiger partial charge in [-0.1, -0.05) is 81.6 Å². The summed E-state index contributed by atoms with van der Waals surface area (Å²) in [5.41, 5.74) is 7.65. The average Bonchev–Trinajstić information content (AvgIpc) is 1.86. The summed E-state index contributed by atoms with van der Waals surface area (Å²) in [6.45, 7) is 7.20. The summed E-state index contributed by atoms with van der Waals surface area (Å²) >= 11 is 0. The number of aliphatic hydroxyl groups excluding tert-OH is 2. The topological polar surface area (TPSA) is 301 Å². The number of aliphatic carboxylic acids is 2. The molecule has 7 aromatic carbocycles. The van der Waals surface area contributed by atoms with Gasteiger partial charge >= 0.3 is 17.9 Å². The van der Waals surface area contributed by atoms with Crippen molar-refractivity contribution in [2.45, 2.75) is 14.9 Å². The Morgan fingerprint density at radius 2 is 0.846 bits per heavy atom. The first-order chi connectivity index (χ1) is 43.2. The largest absolute Gasteiger partial charge is 0.508 e. The molecule has 0 unspecified atom stereocenters. The fraction of sp³-hybridized carbons (Fsp3) is 0.243. The Kier molecular flexibility index (Phi) is 38.0. The number of nitrogens with zero attached hydrogens (tertiary/aromatic N) is 2. The number of carboxylic acid groups (broad SMARTS) is 2. The summed E-state index contributed by atoms with van der Waals surface area (Å²) in [6.07, 6.45) is 7.95. The van der Waals surface area contributed by atoms with Gasteiger partial charge in [-0.05, 0) is 149 Å². The lowest BCUT2D eigenvalue weighted by Crippen LogP contribution is -2.12. The zero-order valence-corrected chi connectivity index (χ0v) is 49.5. The van der Waals surface area contributed by atoms with Crippen molar-refractivity contribution < 1.29 is 92.4 Å². The van der Waals surface area contributed by atoms with Crippen LogP contribution in [0, 0.1) is 11.3 Å². The molecule has 0 bridgehead atoms. The summed E-state index contributed by atoms with van der Waals surface area (Å²) in [5, 5.41) is 61.5. The molecule has 0 atom stereocenters.